The molecule has 1 aromatic heterocycles. The van der Waals surface area contributed by atoms with E-state index in [2.05, 4.69) is 10.1 Å². The van der Waals surface area contributed by atoms with Gasteiger partial charge < -0.3 is 14.5 Å². The van der Waals surface area contributed by atoms with Crippen molar-refractivity contribution in [1.29, 1.82) is 0 Å². The topological polar surface area (TPSA) is 96.5 Å². The van der Waals surface area contributed by atoms with E-state index in [1.165, 1.54) is 4.90 Å². The summed E-state index contributed by atoms with van der Waals surface area (Å²) in [6, 6.07) is 13.7. The largest absolute Gasteiger partial charge is 0.480 e. The summed E-state index contributed by atoms with van der Waals surface area (Å²) in [6.45, 7) is 0.268. The summed E-state index contributed by atoms with van der Waals surface area (Å²) in [7, 11) is 0. The lowest BCUT2D eigenvalue weighted by molar-refractivity contribution is -0.142. The maximum Gasteiger partial charge on any atom is 0.326 e. The molecule has 0 saturated heterocycles. The molecule has 2 aliphatic rings. The zero-order valence-corrected chi connectivity index (χ0v) is 15.6. The number of fused-ring (bicyclic) bond motifs is 1. The first-order valence-electron chi connectivity index (χ1n) is 9.65. The summed E-state index contributed by atoms with van der Waals surface area (Å²) in [4.78, 5) is 30.9. The van der Waals surface area contributed by atoms with Crippen molar-refractivity contribution >= 4 is 11.9 Å². The number of carboxylic acid groups (broad SMARTS) is 1. The monoisotopic (exact) mass is 389 g/mol. The van der Waals surface area contributed by atoms with Gasteiger partial charge in [0, 0.05) is 30.0 Å². The van der Waals surface area contributed by atoms with E-state index in [9.17, 15) is 14.7 Å². The number of carbonyl (C=O) groups excluding carboxylic acids is 1. The molecule has 7 heteroatoms. The van der Waals surface area contributed by atoms with E-state index in [-0.39, 0.29) is 12.5 Å². The number of carboxylic acids is 1. The summed E-state index contributed by atoms with van der Waals surface area (Å²) in [6.07, 6.45) is 2.42. The minimum Gasteiger partial charge on any atom is -0.480 e. The minimum absolute atomic E-state index is 0.268. The number of benzene rings is 2. The minimum atomic E-state index is -1.00. The number of hydrogen-bond donors (Lipinski definition) is 1. The van der Waals surface area contributed by atoms with Crippen molar-refractivity contribution in [1.82, 2.24) is 15.0 Å². The fourth-order valence-corrected chi connectivity index (χ4v) is 3.76. The number of hydrogen-bond acceptors (Lipinski definition) is 5. The molecule has 1 aliphatic carbocycles. The molecule has 2 aromatic carbocycles. The fraction of sp³-hybridized carbons (Fsp3) is 0.273. The van der Waals surface area contributed by atoms with Crippen LogP contribution in [0.1, 0.15) is 46.1 Å². The van der Waals surface area contributed by atoms with E-state index in [1.54, 1.807) is 18.2 Å². The summed E-state index contributed by atoms with van der Waals surface area (Å²) >= 11 is 0. The number of carbonyl (C=O) groups is 2. The highest BCUT2D eigenvalue weighted by atomic mass is 16.5. The number of amides is 1. The second-order valence-corrected chi connectivity index (χ2v) is 7.57. The van der Waals surface area contributed by atoms with E-state index in [1.807, 2.05) is 30.3 Å². The molecule has 2 heterocycles. The highest BCUT2D eigenvalue weighted by Crippen LogP contribution is 2.39. The fourth-order valence-electron chi connectivity index (χ4n) is 3.76. The molecular formula is C22H19N3O4. The smallest absolute Gasteiger partial charge is 0.326 e. The van der Waals surface area contributed by atoms with Gasteiger partial charge >= 0.3 is 5.97 Å². The first-order valence-corrected chi connectivity index (χ1v) is 9.65. The Labute approximate surface area is 167 Å². The third kappa shape index (κ3) is 3.29. The molecule has 5 rings (SSSR count). The van der Waals surface area contributed by atoms with Crippen LogP contribution in [-0.4, -0.2) is 38.1 Å². The normalized spacial score (nSPS) is 18.3. The zero-order chi connectivity index (χ0) is 20.0. The van der Waals surface area contributed by atoms with Crippen molar-refractivity contribution in [2.75, 3.05) is 0 Å². The molecule has 1 saturated carbocycles. The first kappa shape index (κ1) is 17.6. The van der Waals surface area contributed by atoms with Crippen LogP contribution in [0.2, 0.25) is 0 Å². The van der Waals surface area contributed by atoms with Gasteiger partial charge in [-0.15, -0.1) is 0 Å². The molecular weight excluding hydrogens is 370 g/mol. The zero-order valence-electron chi connectivity index (χ0n) is 15.6. The Morgan fingerprint density at radius 2 is 1.86 bits per heavy atom. The van der Waals surface area contributed by atoms with Gasteiger partial charge in [0.2, 0.25) is 11.7 Å². The van der Waals surface area contributed by atoms with Crippen molar-refractivity contribution < 1.29 is 19.2 Å². The van der Waals surface area contributed by atoms with Gasteiger partial charge in [0.15, 0.2) is 0 Å². The number of aromatic nitrogens is 2. The molecule has 146 valence electrons. The van der Waals surface area contributed by atoms with Gasteiger partial charge in [-0.25, -0.2) is 4.79 Å². The number of rotatable bonds is 4. The Morgan fingerprint density at radius 3 is 2.62 bits per heavy atom. The number of aliphatic carboxylic acids is 1. The van der Waals surface area contributed by atoms with Gasteiger partial charge in [-0.05, 0) is 36.1 Å². The molecule has 1 amide bonds. The van der Waals surface area contributed by atoms with Crippen LogP contribution >= 0.6 is 0 Å². The van der Waals surface area contributed by atoms with Crippen LogP contribution in [0.5, 0.6) is 0 Å². The summed E-state index contributed by atoms with van der Waals surface area (Å²) in [5.41, 5.74) is 3.03. The lowest BCUT2D eigenvalue weighted by atomic mass is 9.93. The third-order valence-electron chi connectivity index (χ3n) is 5.53. The van der Waals surface area contributed by atoms with Crippen LogP contribution in [0.4, 0.5) is 0 Å². The quantitative estimate of drug-likeness (QED) is 0.736. The predicted octanol–water partition coefficient (Wildman–Crippen LogP) is 3.27. The molecule has 1 atom stereocenters. The van der Waals surface area contributed by atoms with Crippen LogP contribution in [0.25, 0.3) is 11.4 Å². The van der Waals surface area contributed by atoms with Crippen molar-refractivity contribution in [3.05, 3.63) is 71.1 Å². The second-order valence-electron chi connectivity index (χ2n) is 7.57. The van der Waals surface area contributed by atoms with E-state index >= 15 is 0 Å². The molecule has 3 aromatic rings. The maximum atomic E-state index is 13.2. The first-order chi connectivity index (χ1) is 14.1. The molecule has 7 nitrogen and oxygen atoms in total. The Balaban J connectivity index is 1.45. The number of nitrogens with zero attached hydrogens (tertiary/aromatic N) is 3. The van der Waals surface area contributed by atoms with Crippen LogP contribution < -0.4 is 0 Å². The van der Waals surface area contributed by atoms with Crippen LogP contribution in [0.3, 0.4) is 0 Å². The third-order valence-corrected chi connectivity index (χ3v) is 5.53. The van der Waals surface area contributed by atoms with E-state index in [0.29, 0.717) is 35.2 Å². The Morgan fingerprint density at radius 1 is 1.07 bits per heavy atom. The molecule has 0 radical (unpaired) electrons. The maximum absolute atomic E-state index is 13.2. The summed E-state index contributed by atoms with van der Waals surface area (Å²) < 4.78 is 5.31. The van der Waals surface area contributed by atoms with Crippen molar-refractivity contribution in [2.24, 2.45) is 0 Å². The predicted molar refractivity (Wildman–Crippen MR) is 103 cm³/mol. The van der Waals surface area contributed by atoms with Gasteiger partial charge in [0.1, 0.15) is 6.04 Å². The van der Waals surface area contributed by atoms with Crippen molar-refractivity contribution in [3.63, 3.8) is 0 Å². The van der Waals surface area contributed by atoms with Gasteiger partial charge in [0.05, 0.1) is 0 Å². The second kappa shape index (κ2) is 6.84. The molecule has 0 spiro atoms. The van der Waals surface area contributed by atoms with Crippen molar-refractivity contribution in [2.45, 2.75) is 37.8 Å². The Hall–Kier alpha value is -3.48. The lowest BCUT2D eigenvalue weighted by Crippen LogP contribution is -2.48. The standard InChI is InChI=1S/C22H19N3O4/c26-21(25-12-17-5-2-1-4-14(17)11-18(25)22(27)28)16-7-3-6-15(10-16)19-23-20(29-24-19)13-8-9-13/h1-7,10,13,18H,8-9,11-12H2,(H,27,28)/t18-/m1/s1. The van der Waals surface area contributed by atoms with Crippen LogP contribution in [-0.2, 0) is 17.8 Å². The lowest BCUT2D eigenvalue weighted by Gasteiger charge is -2.34. The SMILES string of the molecule is O=C(O)[C@H]1Cc2ccccc2CN1C(=O)c1cccc(-c2noc(C3CC3)n2)c1. The molecule has 0 bridgehead atoms. The Bertz CT molecular complexity index is 1100. The van der Waals surface area contributed by atoms with E-state index in [4.69, 9.17) is 4.52 Å². The molecule has 29 heavy (non-hydrogen) atoms. The average Bonchev–Trinajstić information content (AvgIpc) is 3.48. The Kier molecular flexibility index (Phi) is 4.16. The highest BCUT2D eigenvalue weighted by molar-refractivity contribution is 5.97. The van der Waals surface area contributed by atoms with Gasteiger partial charge in [0.25, 0.3) is 5.91 Å². The van der Waals surface area contributed by atoms with Gasteiger partial charge in [-0.3, -0.25) is 4.79 Å². The molecule has 1 fully saturated rings. The van der Waals surface area contributed by atoms with E-state index in [0.717, 1.165) is 24.0 Å². The molecule has 1 N–H and O–H groups in total. The van der Waals surface area contributed by atoms with Crippen molar-refractivity contribution in [3.8, 4) is 11.4 Å². The van der Waals surface area contributed by atoms with E-state index < -0.39 is 12.0 Å². The van der Waals surface area contributed by atoms with Gasteiger partial charge in [-0.1, -0.05) is 41.6 Å². The molecule has 1 aliphatic heterocycles. The van der Waals surface area contributed by atoms with Crippen LogP contribution in [0, 0.1) is 0 Å². The van der Waals surface area contributed by atoms with Crippen LogP contribution in [0.15, 0.2) is 53.1 Å². The average molecular weight is 389 g/mol. The van der Waals surface area contributed by atoms with Gasteiger partial charge in [-0.2, -0.15) is 4.98 Å². The summed E-state index contributed by atoms with van der Waals surface area (Å²) in [5, 5.41) is 13.7. The molecule has 0 unspecified atom stereocenters. The summed E-state index contributed by atoms with van der Waals surface area (Å²) in [5.74, 6) is 0.109. The highest BCUT2D eigenvalue weighted by Gasteiger charge is 2.35.